The van der Waals surface area contributed by atoms with Gasteiger partial charge in [0, 0.05) is 29.2 Å². The van der Waals surface area contributed by atoms with Crippen LogP contribution in [0.2, 0.25) is 0 Å². The van der Waals surface area contributed by atoms with Crippen LogP contribution >= 0.6 is 0 Å². The summed E-state index contributed by atoms with van der Waals surface area (Å²) in [5.41, 5.74) is 3.94. The highest BCUT2D eigenvalue weighted by molar-refractivity contribution is 5.57. The first kappa shape index (κ1) is 10.9. The van der Waals surface area contributed by atoms with Gasteiger partial charge in [-0.25, -0.2) is 0 Å². The molecular formula is C14H19NO2. The summed E-state index contributed by atoms with van der Waals surface area (Å²) < 4.78 is 11.5. The van der Waals surface area contributed by atoms with Crippen molar-refractivity contribution in [3.05, 3.63) is 22.8 Å². The zero-order valence-electron chi connectivity index (χ0n) is 10.7. The minimum atomic E-state index is 0.287. The normalized spacial score (nSPS) is 26.1. The van der Waals surface area contributed by atoms with Crippen molar-refractivity contribution >= 4 is 0 Å². The predicted molar refractivity (Wildman–Crippen MR) is 66.9 cm³/mol. The monoisotopic (exact) mass is 233 g/mol. The van der Waals surface area contributed by atoms with Gasteiger partial charge in [-0.1, -0.05) is 0 Å². The van der Waals surface area contributed by atoms with Crippen LogP contribution in [-0.4, -0.2) is 19.8 Å². The molecule has 2 atom stereocenters. The van der Waals surface area contributed by atoms with Crippen LogP contribution in [0, 0.1) is 0 Å². The van der Waals surface area contributed by atoms with Gasteiger partial charge in [0.25, 0.3) is 0 Å². The Hall–Kier alpha value is -1.22. The van der Waals surface area contributed by atoms with Crippen molar-refractivity contribution in [3.63, 3.8) is 0 Å². The number of benzene rings is 1. The van der Waals surface area contributed by atoms with E-state index in [9.17, 15) is 0 Å². The number of fused-ring (bicyclic) bond motifs is 3. The van der Waals surface area contributed by atoms with Gasteiger partial charge in [-0.3, -0.25) is 0 Å². The van der Waals surface area contributed by atoms with E-state index in [2.05, 4.69) is 25.2 Å². The minimum Gasteiger partial charge on any atom is -0.496 e. The van der Waals surface area contributed by atoms with Gasteiger partial charge in [-0.15, -0.1) is 0 Å². The van der Waals surface area contributed by atoms with Crippen LogP contribution in [0.3, 0.4) is 0 Å². The molecular weight excluding hydrogens is 214 g/mol. The lowest BCUT2D eigenvalue weighted by Gasteiger charge is -2.27. The highest BCUT2D eigenvalue weighted by Gasteiger charge is 2.31. The summed E-state index contributed by atoms with van der Waals surface area (Å²) in [6.07, 6.45) is 2.30. The van der Waals surface area contributed by atoms with E-state index >= 15 is 0 Å². The SMILES string of the molecule is COc1cc2c(c3c1CCNC3C)OC(C)C2. The number of hydrogen-bond acceptors (Lipinski definition) is 3. The Morgan fingerprint density at radius 2 is 2.24 bits per heavy atom. The maximum Gasteiger partial charge on any atom is 0.128 e. The van der Waals surface area contributed by atoms with Gasteiger partial charge in [-0.2, -0.15) is 0 Å². The van der Waals surface area contributed by atoms with E-state index in [-0.39, 0.29) is 6.10 Å². The Balaban J connectivity index is 2.20. The van der Waals surface area contributed by atoms with Crippen molar-refractivity contribution in [2.45, 2.75) is 38.8 Å². The average Bonchev–Trinajstić information content (AvgIpc) is 2.68. The molecule has 2 aliphatic rings. The molecule has 0 spiro atoms. The molecule has 17 heavy (non-hydrogen) atoms. The molecule has 0 saturated carbocycles. The predicted octanol–water partition coefficient (Wildman–Crippen LogP) is 2.23. The number of nitrogens with one attached hydrogen (secondary N) is 1. The minimum absolute atomic E-state index is 0.287. The summed E-state index contributed by atoms with van der Waals surface area (Å²) in [5.74, 6) is 2.14. The fraction of sp³-hybridized carbons (Fsp3) is 0.571. The van der Waals surface area contributed by atoms with Crippen LogP contribution < -0.4 is 14.8 Å². The second kappa shape index (κ2) is 3.91. The highest BCUT2D eigenvalue weighted by atomic mass is 16.5. The van der Waals surface area contributed by atoms with Crippen molar-refractivity contribution in [3.8, 4) is 11.5 Å². The largest absolute Gasteiger partial charge is 0.496 e. The number of rotatable bonds is 1. The highest BCUT2D eigenvalue weighted by Crippen LogP contribution is 2.43. The van der Waals surface area contributed by atoms with Crippen LogP contribution in [0.4, 0.5) is 0 Å². The van der Waals surface area contributed by atoms with Gasteiger partial charge in [-0.05, 0) is 32.9 Å². The van der Waals surface area contributed by atoms with Gasteiger partial charge < -0.3 is 14.8 Å². The molecule has 0 saturated heterocycles. The molecule has 1 N–H and O–H groups in total. The summed E-state index contributed by atoms with van der Waals surface area (Å²) in [6, 6.07) is 2.52. The third-order valence-electron chi connectivity index (χ3n) is 3.77. The van der Waals surface area contributed by atoms with E-state index < -0.39 is 0 Å². The molecule has 0 amide bonds. The Morgan fingerprint density at radius 1 is 1.41 bits per heavy atom. The molecule has 0 radical (unpaired) electrons. The summed E-state index contributed by atoms with van der Waals surface area (Å²) in [7, 11) is 1.76. The molecule has 0 bridgehead atoms. The van der Waals surface area contributed by atoms with Crippen LogP contribution in [0.25, 0.3) is 0 Å². The smallest absolute Gasteiger partial charge is 0.128 e. The van der Waals surface area contributed by atoms with Crippen molar-refractivity contribution in [2.75, 3.05) is 13.7 Å². The first-order valence-electron chi connectivity index (χ1n) is 6.33. The standard InChI is InChI=1S/C14H19NO2/c1-8-6-10-7-12(16-3)11-4-5-15-9(2)13(11)14(10)17-8/h7-9,15H,4-6H2,1-3H3. The quantitative estimate of drug-likeness (QED) is 0.807. The molecule has 1 aromatic carbocycles. The molecule has 0 aliphatic carbocycles. The third-order valence-corrected chi connectivity index (χ3v) is 3.77. The second-order valence-corrected chi connectivity index (χ2v) is 5.02. The van der Waals surface area contributed by atoms with Crippen molar-refractivity contribution in [2.24, 2.45) is 0 Å². The van der Waals surface area contributed by atoms with E-state index in [1.807, 2.05) is 0 Å². The number of methoxy groups -OCH3 is 1. The van der Waals surface area contributed by atoms with E-state index in [0.29, 0.717) is 6.04 Å². The molecule has 0 fully saturated rings. The Morgan fingerprint density at radius 3 is 3.00 bits per heavy atom. The van der Waals surface area contributed by atoms with Gasteiger partial charge in [0.05, 0.1) is 7.11 Å². The first-order valence-corrected chi connectivity index (χ1v) is 6.33. The van der Waals surface area contributed by atoms with Crippen molar-refractivity contribution < 1.29 is 9.47 Å². The maximum absolute atomic E-state index is 5.98. The number of ether oxygens (including phenoxy) is 2. The second-order valence-electron chi connectivity index (χ2n) is 5.02. The lowest BCUT2D eigenvalue weighted by molar-refractivity contribution is 0.249. The van der Waals surface area contributed by atoms with Gasteiger partial charge in [0.2, 0.25) is 0 Å². The summed E-state index contributed by atoms with van der Waals surface area (Å²) >= 11 is 0. The fourth-order valence-electron chi connectivity index (χ4n) is 3.01. The average molecular weight is 233 g/mol. The van der Waals surface area contributed by atoms with E-state index in [1.165, 1.54) is 16.7 Å². The molecule has 1 aromatic rings. The number of hydrogen-bond donors (Lipinski definition) is 1. The van der Waals surface area contributed by atoms with E-state index in [1.54, 1.807) is 7.11 Å². The molecule has 92 valence electrons. The lowest BCUT2D eigenvalue weighted by atomic mass is 9.91. The zero-order chi connectivity index (χ0) is 12.0. The van der Waals surface area contributed by atoms with Gasteiger partial charge in [0.15, 0.2) is 0 Å². The fourth-order valence-corrected chi connectivity index (χ4v) is 3.01. The molecule has 2 heterocycles. The summed E-state index contributed by atoms with van der Waals surface area (Å²) in [6.45, 7) is 5.34. The van der Waals surface area contributed by atoms with Crippen molar-refractivity contribution in [1.29, 1.82) is 0 Å². The molecule has 3 nitrogen and oxygen atoms in total. The van der Waals surface area contributed by atoms with Crippen LogP contribution in [0.1, 0.15) is 36.6 Å². The van der Waals surface area contributed by atoms with E-state index in [0.717, 1.165) is 30.9 Å². The van der Waals surface area contributed by atoms with Gasteiger partial charge >= 0.3 is 0 Å². The van der Waals surface area contributed by atoms with Gasteiger partial charge in [0.1, 0.15) is 17.6 Å². The molecule has 0 aromatic heterocycles. The van der Waals surface area contributed by atoms with E-state index in [4.69, 9.17) is 9.47 Å². The van der Waals surface area contributed by atoms with Crippen molar-refractivity contribution in [1.82, 2.24) is 5.32 Å². The van der Waals surface area contributed by atoms with Crippen LogP contribution in [-0.2, 0) is 12.8 Å². The van der Waals surface area contributed by atoms with Crippen LogP contribution in [0.15, 0.2) is 6.07 Å². The molecule has 3 heteroatoms. The van der Waals surface area contributed by atoms with Crippen LogP contribution in [0.5, 0.6) is 11.5 Å². The first-order chi connectivity index (χ1) is 8.20. The topological polar surface area (TPSA) is 30.5 Å². The third kappa shape index (κ3) is 1.61. The summed E-state index contributed by atoms with van der Waals surface area (Å²) in [4.78, 5) is 0. The zero-order valence-corrected chi connectivity index (χ0v) is 10.7. The maximum atomic E-state index is 5.98. The Kier molecular flexibility index (Phi) is 2.51. The Bertz CT molecular complexity index is 456. The molecule has 2 unspecified atom stereocenters. The molecule has 3 rings (SSSR count). The molecule has 2 aliphatic heterocycles. The summed E-state index contributed by atoms with van der Waals surface area (Å²) in [5, 5.41) is 3.50. The Labute approximate surface area is 102 Å². The lowest BCUT2D eigenvalue weighted by Crippen LogP contribution is -2.28.